The van der Waals surface area contributed by atoms with Crippen LogP contribution in [0.2, 0.25) is 0 Å². The highest BCUT2D eigenvalue weighted by Gasteiger charge is 2.65. The number of carbonyl (C=O) groups is 1. The predicted octanol–water partition coefficient (Wildman–Crippen LogP) is 2.57. The average molecular weight is 441 g/mol. The van der Waals surface area contributed by atoms with Gasteiger partial charge in [-0.25, -0.2) is 0 Å². The van der Waals surface area contributed by atoms with Gasteiger partial charge in [-0.05, 0) is 23.8 Å². The van der Waals surface area contributed by atoms with Gasteiger partial charge in [-0.15, -0.1) is 0 Å². The molecule has 4 N–H and O–H groups in total. The Bertz CT molecular complexity index is 1020. The van der Waals surface area contributed by atoms with E-state index in [-0.39, 0.29) is 11.1 Å². The van der Waals surface area contributed by atoms with Crippen molar-refractivity contribution in [1.29, 1.82) is 0 Å². The van der Waals surface area contributed by atoms with Crippen molar-refractivity contribution in [2.24, 2.45) is 5.92 Å². The number of nitrogens with zero attached hydrogens (tertiary/aromatic N) is 1. The predicted molar refractivity (Wildman–Crippen MR) is 102 cm³/mol. The van der Waals surface area contributed by atoms with E-state index in [1.807, 2.05) is 0 Å². The van der Waals surface area contributed by atoms with E-state index in [4.69, 9.17) is 12.2 Å². The fraction of sp³-hybridized carbons (Fsp3) is 0.222. The Kier molecular flexibility index (Phi) is 5.39. The molecule has 0 radical (unpaired) electrons. The van der Waals surface area contributed by atoms with Crippen molar-refractivity contribution in [3.63, 3.8) is 0 Å². The molecular weight excluding hydrogens is 427 g/mol. The van der Waals surface area contributed by atoms with Crippen LogP contribution in [-0.4, -0.2) is 37.9 Å². The number of benzene rings is 2. The van der Waals surface area contributed by atoms with Gasteiger partial charge in [-0.1, -0.05) is 36.4 Å². The van der Waals surface area contributed by atoms with Crippen molar-refractivity contribution in [1.82, 2.24) is 10.6 Å². The van der Waals surface area contributed by atoms with Crippen LogP contribution < -0.4 is 10.6 Å². The molecule has 1 saturated heterocycles. The van der Waals surface area contributed by atoms with Crippen LogP contribution in [0.3, 0.4) is 0 Å². The lowest BCUT2D eigenvalue weighted by Gasteiger charge is -2.46. The number of ketones is 1. The van der Waals surface area contributed by atoms with E-state index in [0.29, 0.717) is 0 Å². The smallest absolute Gasteiger partial charge is 0.437 e. The normalized spacial score (nSPS) is 23.9. The molecule has 1 aliphatic heterocycles. The minimum Gasteiger partial charge on any atom is -0.502 e. The lowest BCUT2D eigenvalue weighted by Crippen LogP contribution is -2.72. The van der Waals surface area contributed by atoms with E-state index in [1.54, 1.807) is 11.4 Å². The van der Waals surface area contributed by atoms with Crippen LogP contribution in [-0.2, 0) is 0 Å². The van der Waals surface area contributed by atoms with Crippen molar-refractivity contribution in [2.45, 2.75) is 17.9 Å². The second-order valence-electron chi connectivity index (χ2n) is 6.55. The number of nitro groups is 1. The first-order chi connectivity index (χ1) is 14.0. The zero-order valence-corrected chi connectivity index (χ0v) is 15.7. The first-order valence-electron chi connectivity index (χ1n) is 8.40. The molecule has 158 valence electrons. The number of hydrogen-bond donors (Lipinski definition) is 4. The Balaban J connectivity index is 2.20. The molecule has 0 spiro atoms. The van der Waals surface area contributed by atoms with E-state index < -0.39 is 51.1 Å². The number of phenolic OH excluding ortho intramolecular Hbond substituents is 1. The second-order valence-corrected chi connectivity index (χ2v) is 6.96. The molecule has 12 heteroatoms. The zero-order chi connectivity index (χ0) is 22.3. The maximum atomic E-state index is 13.9. The van der Waals surface area contributed by atoms with Crippen LogP contribution in [0.5, 0.6) is 5.75 Å². The quantitative estimate of drug-likeness (QED) is 0.247. The molecule has 0 aromatic heterocycles. The number of Topliss-reactive ketones (excluding diaryl/α,β-unsaturated/α-hetero) is 1. The molecule has 0 aliphatic carbocycles. The van der Waals surface area contributed by atoms with Crippen molar-refractivity contribution in [3.8, 4) is 5.75 Å². The van der Waals surface area contributed by atoms with Gasteiger partial charge in [0.2, 0.25) is 5.72 Å². The third-order valence-corrected chi connectivity index (χ3v) is 4.92. The summed E-state index contributed by atoms with van der Waals surface area (Å²) in [4.78, 5) is 23.3. The van der Waals surface area contributed by atoms with Gasteiger partial charge in [-0.2, -0.15) is 13.2 Å². The lowest BCUT2D eigenvalue weighted by atomic mass is 9.77. The monoisotopic (exact) mass is 441 g/mol. The molecule has 0 saturated carbocycles. The largest absolute Gasteiger partial charge is 0.502 e. The number of aromatic hydroxyl groups is 1. The fourth-order valence-electron chi connectivity index (χ4n) is 3.28. The number of hydrogen-bond acceptors (Lipinski definition) is 6. The molecule has 3 atom stereocenters. The molecule has 0 amide bonds. The maximum Gasteiger partial charge on any atom is 0.437 e. The lowest BCUT2D eigenvalue weighted by molar-refractivity contribution is -0.386. The summed E-state index contributed by atoms with van der Waals surface area (Å²) >= 11 is 4.79. The van der Waals surface area contributed by atoms with E-state index in [0.717, 1.165) is 18.2 Å². The van der Waals surface area contributed by atoms with Crippen LogP contribution >= 0.6 is 12.2 Å². The summed E-state index contributed by atoms with van der Waals surface area (Å²) in [6.45, 7) is 0. The van der Waals surface area contributed by atoms with Crippen LogP contribution in [0.1, 0.15) is 22.0 Å². The fourth-order valence-corrected chi connectivity index (χ4v) is 3.56. The second kappa shape index (κ2) is 7.54. The Morgan fingerprint density at radius 3 is 2.40 bits per heavy atom. The molecule has 2 aromatic rings. The Morgan fingerprint density at radius 2 is 1.83 bits per heavy atom. The minimum absolute atomic E-state index is 0.111. The highest BCUT2D eigenvalue weighted by molar-refractivity contribution is 7.80. The van der Waals surface area contributed by atoms with Crippen LogP contribution in [0, 0.1) is 16.0 Å². The Hall–Kier alpha value is -3.25. The molecule has 0 unspecified atom stereocenters. The third-order valence-electron chi connectivity index (χ3n) is 4.70. The topological polar surface area (TPSA) is 125 Å². The van der Waals surface area contributed by atoms with Crippen LogP contribution in [0.25, 0.3) is 0 Å². The van der Waals surface area contributed by atoms with Crippen molar-refractivity contribution in [3.05, 3.63) is 69.8 Å². The van der Waals surface area contributed by atoms with Crippen molar-refractivity contribution in [2.75, 3.05) is 0 Å². The summed E-state index contributed by atoms with van der Waals surface area (Å²) in [5.41, 5.74) is -4.79. The van der Waals surface area contributed by atoms with Gasteiger partial charge in [0, 0.05) is 11.6 Å². The van der Waals surface area contributed by atoms with Gasteiger partial charge >= 0.3 is 11.9 Å². The van der Waals surface area contributed by atoms with Crippen molar-refractivity contribution < 1.29 is 33.1 Å². The van der Waals surface area contributed by atoms with E-state index in [1.165, 1.54) is 24.3 Å². The summed E-state index contributed by atoms with van der Waals surface area (Å²) in [6, 6.07) is 8.25. The van der Waals surface area contributed by atoms with Gasteiger partial charge in [0.05, 0.1) is 11.0 Å². The van der Waals surface area contributed by atoms with E-state index in [2.05, 4.69) is 5.32 Å². The van der Waals surface area contributed by atoms with E-state index >= 15 is 0 Å². The number of nitro benzene ring substituents is 1. The van der Waals surface area contributed by atoms with Crippen LogP contribution in [0.15, 0.2) is 48.5 Å². The first kappa shape index (κ1) is 21.5. The molecule has 8 nitrogen and oxygen atoms in total. The molecule has 1 aliphatic rings. The number of thiocarbonyl (C=S) groups is 1. The summed E-state index contributed by atoms with van der Waals surface area (Å²) < 4.78 is 41.7. The molecule has 30 heavy (non-hydrogen) atoms. The Morgan fingerprint density at radius 1 is 1.20 bits per heavy atom. The highest BCUT2D eigenvalue weighted by Crippen LogP contribution is 2.44. The van der Waals surface area contributed by atoms with Gasteiger partial charge in [-0.3, -0.25) is 14.9 Å². The van der Waals surface area contributed by atoms with E-state index in [9.17, 15) is 38.3 Å². The number of rotatable bonds is 4. The summed E-state index contributed by atoms with van der Waals surface area (Å²) in [5, 5.41) is 35.0. The van der Waals surface area contributed by atoms with Gasteiger partial charge in [0.1, 0.15) is 5.92 Å². The summed E-state index contributed by atoms with van der Waals surface area (Å²) in [6.07, 6.45) is -5.32. The molecule has 1 fully saturated rings. The SMILES string of the molecule is O=C(c1ccccc1)[C@H]1[C@H](c2ccc(O)c([N+](=O)[O-])c2)NC(=S)N[C@@]1(O)C(F)(F)F. The number of alkyl halides is 3. The van der Waals surface area contributed by atoms with Gasteiger partial charge in [0.25, 0.3) is 0 Å². The van der Waals surface area contributed by atoms with Gasteiger partial charge < -0.3 is 20.8 Å². The minimum atomic E-state index is -5.32. The number of phenols is 1. The number of halogens is 3. The highest BCUT2D eigenvalue weighted by atomic mass is 32.1. The molecule has 1 heterocycles. The van der Waals surface area contributed by atoms with Crippen LogP contribution in [0.4, 0.5) is 18.9 Å². The van der Waals surface area contributed by atoms with Gasteiger partial charge in [0.15, 0.2) is 16.6 Å². The number of carbonyl (C=O) groups excluding carboxylic acids is 1. The molecule has 2 aromatic carbocycles. The third kappa shape index (κ3) is 3.66. The zero-order valence-electron chi connectivity index (χ0n) is 14.9. The standard InChI is InChI=1S/C18H14F3N3O5S/c19-18(20,21)17(27)13(15(26)9-4-2-1-3-5-9)14(22-16(30)23-17)10-6-7-12(25)11(8-10)24(28)29/h1-8,13-14,25,27H,(H2,22,23,30)/t13-,14+,17+/m1/s1. The summed E-state index contributed by atoms with van der Waals surface area (Å²) in [5.74, 6) is -3.98. The first-order valence-corrected chi connectivity index (χ1v) is 8.81. The summed E-state index contributed by atoms with van der Waals surface area (Å²) in [7, 11) is 0. The van der Waals surface area contributed by atoms with Crippen molar-refractivity contribution >= 4 is 28.8 Å². The number of nitrogens with one attached hydrogen (secondary N) is 2. The Labute approximate surface area is 172 Å². The maximum absolute atomic E-state index is 13.9. The number of aliphatic hydroxyl groups is 1. The average Bonchev–Trinajstić information content (AvgIpc) is 2.67. The molecular formula is C18H14F3N3O5S. The molecule has 3 rings (SSSR count). The molecule has 0 bridgehead atoms.